The van der Waals surface area contributed by atoms with Crippen LogP contribution in [0.15, 0.2) is 24.3 Å². The summed E-state index contributed by atoms with van der Waals surface area (Å²) in [6.45, 7) is 4.43. The molecule has 1 unspecified atom stereocenters. The zero-order valence-corrected chi connectivity index (χ0v) is 11.3. The maximum Gasteiger partial charge on any atom is 0.0565 e. The van der Waals surface area contributed by atoms with E-state index in [2.05, 4.69) is 19.3 Å². The summed E-state index contributed by atoms with van der Waals surface area (Å²) in [5.41, 5.74) is 3.90. The number of hydrogen-bond donors (Lipinski definition) is 2. The molecule has 90 valence electrons. The van der Waals surface area contributed by atoms with E-state index in [4.69, 9.17) is 17.4 Å². The summed E-state index contributed by atoms with van der Waals surface area (Å²) >= 11 is 8.03. The molecule has 1 rings (SSSR count). The number of nitrogens with one attached hydrogen (secondary N) is 1. The molecule has 0 amide bonds. The Morgan fingerprint density at radius 3 is 2.56 bits per heavy atom. The Bertz CT molecular complexity index is 318. The Labute approximate surface area is 107 Å². The average Bonchev–Trinajstić information content (AvgIpc) is 2.25. The van der Waals surface area contributed by atoms with Crippen molar-refractivity contribution in [2.75, 3.05) is 11.5 Å². The predicted octanol–water partition coefficient (Wildman–Crippen LogP) is 3.23. The minimum absolute atomic E-state index is 0.123. The lowest BCUT2D eigenvalue weighted by atomic mass is 10.1. The fourth-order valence-corrected chi connectivity index (χ4v) is 2.79. The first-order valence-electron chi connectivity index (χ1n) is 5.43. The van der Waals surface area contributed by atoms with E-state index >= 15 is 0 Å². The quantitative estimate of drug-likeness (QED) is 0.608. The molecule has 0 spiro atoms. The first kappa shape index (κ1) is 13.8. The molecule has 0 bridgehead atoms. The molecule has 1 aromatic carbocycles. The molecule has 1 aromatic rings. The highest BCUT2D eigenvalue weighted by Gasteiger charge is 2.12. The predicted molar refractivity (Wildman–Crippen MR) is 73.7 cm³/mol. The number of hydrogen-bond acceptors (Lipinski definition) is 3. The van der Waals surface area contributed by atoms with Gasteiger partial charge in [-0.2, -0.15) is 11.8 Å². The molecule has 2 nitrogen and oxygen atoms in total. The van der Waals surface area contributed by atoms with Gasteiger partial charge in [-0.3, -0.25) is 11.3 Å². The van der Waals surface area contributed by atoms with E-state index in [0.717, 1.165) is 22.1 Å². The maximum atomic E-state index is 6.13. The van der Waals surface area contributed by atoms with E-state index in [-0.39, 0.29) is 6.04 Å². The molecule has 1 atom stereocenters. The van der Waals surface area contributed by atoms with E-state index < -0.39 is 0 Å². The lowest BCUT2D eigenvalue weighted by Gasteiger charge is -2.17. The van der Waals surface area contributed by atoms with Gasteiger partial charge in [-0.25, -0.2) is 0 Å². The summed E-state index contributed by atoms with van der Waals surface area (Å²) in [6, 6.07) is 7.95. The van der Waals surface area contributed by atoms with Crippen LogP contribution in [0.3, 0.4) is 0 Å². The third kappa shape index (κ3) is 4.34. The van der Waals surface area contributed by atoms with Gasteiger partial charge in [0.1, 0.15) is 0 Å². The molecule has 0 aliphatic carbocycles. The van der Waals surface area contributed by atoms with Crippen molar-refractivity contribution >= 4 is 23.4 Å². The van der Waals surface area contributed by atoms with Gasteiger partial charge in [0.05, 0.1) is 6.04 Å². The van der Waals surface area contributed by atoms with Crippen LogP contribution in [0.2, 0.25) is 5.02 Å². The monoisotopic (exact) mass is 258 g/mol. The highest BCUT2D eigenvalue weighted by Crippen LogP contribution is 2.25. The number of halogens is 1. The molecule has 3 N–H and O–H groups in total. The van der Waals surface area contributed by atoms with Gasteiger partial charge in [-0.15, -0.1) is 0 Å². The van der Waals surface area contributed by atoms with Crippen LogP contribution in [0.5, 0.6) is 0 Å². The fraction of sp³-hybridized carbons (Fsp3) is 0.500. The first-order chi connectivity index (χ1) is 7.65. The van der Waals surface area contributed by atoms with Crippen LogP contribution in [0.25, 0.3) is 0 Å². The summed E-state index contributed by atoms with van der Waals surface area (Å²) in [5, 5.41) is 0.774. The van der Waals surface area contributed by atoms with Gasteiger partial charge in [0, 0.05) is 10.8 Å². The first-order valence-corrected chi connectivity index (χ1v) is 6.96. The molecule has 0 aromatic heterocycles. The number of rotatable bonds is 6. The van der Waals surface area contributed by atoms with Gasteiger partial charge >= 0.3 is 0 Å². The number of hydrazine groups is 1. The molecular weight excluding hydrogens is 240 g/mol. The fourth-order valence-electron chi connectivity index (χ4n) is 1.41. The highest BCUT2D eigenvalue weighted by atomic mass is 35.5. The lowest BCUT2D eigenvalue weighted by molar-refractivity contribution is 0.610. The largest absolute Gasteiger partial charge is 0.271 e. The standard InChI is InChI=1S/C12H19ClN2S/c1-9(2)7-16-8-12(15-14)10-5-3-4-6-11(10)13/h3-6,9,12,15H,7-8,14H2,1-2H3. The van der Waals surface area contributed by atoms with Crippen LogP contribution in [0, 0.1) is 5.92 Å². The molecule has 0 heterocycles. The molecule has 16 heavy (non-hydrogen) atoms. The van der Waals surface area contributed by atoms with Crippen molar-refractivity contribution < 1.29 is 0 Å². The minimum Gasteiger partial charge on any atom is -0.271 e. The van der Waals surface area contributed by atoms with E-state index in [1.807, 2.05) is 36.0 Å². The van der Waals surface area contributed by atoms with Crippen molar-refractivity contribution in [3.05, 3.63) is 34.9 Å². The van der Waals surface area contributed by atoms with Crippen molar-refractivity contribution in [1.29, 1.82) is 0 Å². The Morgan fingerprint density at radius 1 is 1.31 bits per heavy atom. The average molecular weight is 259 g/mol. The van der Waals surface area contributed by atoms with E-state index in [0.29, 0.717) is 5.92 Å². The summed E-state index contributed by atoms with van der Waals surface area (Å²) in [7, 11) is 0. The van der Waals surface area contributed by atoms with E-state index in [9.17, 15) is 0 Å². The summed E-state index contributed by atoms with van der Waals surface area (Å²) in [5.74, 6) is 8.36. The Kier molecular flexibility index (Phi) is 6.21. The third-order valence-electron chi connectivity index (χ3n) is 2.22. The third-order valence-corrected chi connectivity index (χ3v) is 4.03. The van der Waals surface area contributed by atoms with Gasteiger partial charge in [0.25, 0.3) is 0 Å². The molecule has 0 saturated heterocycles. The van der Waals surface area contributed by atoms with E-state index in [1.54, 1.807) is 0 Å². The molecule has 0 saturated carbocycles. The maximum absolute atomic E-state index is 6.13. The number of benzene rings is 1. The van der Waals surface area contributed by atoms with Crippen LogP contribution in [-0.4, -0.2) is 11.5 Å². The molecule has 0 aliphatic heterocycles. The zero-order valence-electron chi connectivity index (χ0n) is 9.74. The molecule has 0 aliphatic rings. The topological polar surface area (TPSA) is 38.0 Å². The molecular formula is C12H19ClN2S. The highest BCUT2D eigenvalue weighted by molar-refractivity contribution is 7.99. The Balaban J connectivity index is 2.57. The van der Waals surface area contributed by atoms with Gasteiger partial charge in [0.15, 0.2) is 0 Å². The summed E-state index contributed by atoms with van der Waals surface area (Å²) < 4.78 is 0. The van der Waals surface area contributed by atoms with Crippen molar-refractivity contribution in [2.45, 2.75) is 19.9 Å². The minimum atomic E-state index is 0.123. The van der Waals surface area contributed by atoms with Crippen molar-refractivity contribution in [2.24, 2.45) is 11.8 Å². The van der Waals surface area contributed by atoms with Gasteiger partial charge < -0.3 is 0 Å². The number of thioether (sulfide) groups is 1. The van der Waals surface area contributed by atoms with Crippen LogP contribution in [-0.2, 0) is 0 Å². The molecule has 4 heteroatoms. The van der Waals surface area contributed by atoms with Crippen molar-refractivity contribution in [3.8, 4) is 0 Å². The van der Waals surface area contributed by atoms with Crippen LogP contribution < -0.4 is 11.3 Å². The van der Waals surface area contributed by atoms with Gasteiger partial charge in [-0.1, -0.05) is 43.6 Å². The van der Waals surface area contributed by atoms with Crippen molar-refractivity contribution in [3.63, 3.8) is 0 Å². The van der Waals surface area contributed by atoms with Gasteiger partial charge in [0.2, 0.25) is 0 Å². The van der Waals surface area contributed by atoms with E-state index in [1.165, 1.54) is 0 Å². The van der Waals surface area contributed by atoms with Gasteiger partial charge in [-0.05, 0) is 23.3 Å². The van der Waals surface area contributed by atoms with Crippen molar-refractivity contribution in [1.82, 2.24) is 5.43 Å². The number of nitrogens with two attached hydrogens (primary N) is 1. The smallest absolute Gasteiger partial charge is 0.0565 e. The van der Waals surface area contributed by atoms with Crippen LogP contribution in [0.1, 0.15) is 25.5 Å². The second-order valence-electron chi connectivity index (χ2n) is 4.17. The Morgan fingerprint density at radius 2 is 2.00 bits per heavy atom. The summed E-state index contributed by atoms with van der Waals surface area (Å²) in [6.07, 6.45) is 0. The molecule has 0 fully saturated rings. The van der Waals surface area contributed by atoms with Crippen LogP contribution in [0.4, 0.5) is 0 Å². The molecule has 0 radical (unpaired) electrons. The Hall–Kier alpha value is -0.220. The zero-order chi connectivity index (χ0) is 12.0. The SMILES string of the molecule is CC(C)CSCC(NN)c1ccccc1Cl. The normalized spacial score (nSPS) is 13.1. The van der Waals surface area contributed by atoms with Crippen LogP contribution >= 0.6 is 23.4 Å². The second kappa shape index (κ2) is 7.17. The summed E-state index contributed by atoms with van der Waals surface area (Å²) in [4.78, 5) is 0. The lowest BCUT2D eigenvalue weighted by Crippen LogP contribution is -2.30. The second-order valence-corrected chi connectivity index (χ2v) is 5.65.